The molecular weight excluding hydrogens is 132 g/mol. The predicted octanol–water partition coefficient (Wildman–Crippen LogP) is 3.28. The summed E-state index contributed by atoms with van der Waals surface area (Å²) in [6, 6.07) is 10.2. The van der Waals surface area contributed by atoms with Crippen molar-refractivity contribution in [2.45, 2.75) is 6.92 Å². The van der Waals surface area contributed by atoms with E-state index in [0.717, 1.165) is 0 Å². The molecule has 0 saturated carbocycles. The molecule has 0 aliphatic carbocycles. The van der Waals surface area contributed by atoms with Crippen molar-refractivity contribution in [3.63, 3.8) is 0 Å². The van der Waals surface area contributed by atoms with E-state index in [1.54, 1.807) is 0 Å². The van der Waals surface area contributed by atoms with E-state index >= 15 is 0 Å². The summed E-state index contributed by atoms with van der Waals surface area (Å²) in [5.74, 6) is 0. The third-order valence-electron chi connectivity index (χ3n) is 1.52. The van der Waals surface area contributed by atoms with Gasteiger partial charge in [0.25, 0.3) is 0 Å². The standard InChI is InChI=1S/C11H12/c1-3-10(2)9-11-7-5-4-6-8-11/h3-9H,1H2,2H3. The van der Waals surface area contributed by atoms with Crippen LogP contribution in [0.1, 0.15) is 12.5 Å². The maximum absolute atomic E-state index is 3.69. The zero-order valence-corrected chi connectivity index (χ0v) is 6.75. The second-order valence-electron chi connectivity index (χ2n) is 2.50. The van der Waals surface area contributed by atoms with Crippen LogP contribution in [0.3, 0.4) is 0 Å². The maximum Gasteiger partial charge on any atom is -0.0254 e. The molecule has 0 spiro atoms. The highest BCUT2D eigenvalue weighted by Crippen LogP contribution is 2.05. The summed E-state index contributed by atoms with van der Waals surface area (Å²) in [6.07, 6.45) is 3.96. The Labute approximate surface area is 67.9 Å². The molecule has 0 nitrogen and oxygen atoms in total. The van der Waals surface area contributed by atoms with Crippen LogP contribution in [0, 0.1) is 0 Å². The fourth-order valence-electron chi connectivity index (χ4n) is 0.871. The van der Waals surface area contributed by atoms with Gasteiger partial charge in [0.1, 0.15) is 0 Å². The summed E-state index contributed by atoms with van der Waals surface area (Å²) in [7, 11) is 0. The van der Waals surface area contributed by atoms with E-state index < -0.39 is 0 Å². The molecule has 0 bridgehead atoms. The van der Waals surface area contributed by atoms with Crippen molar-refractivity contribution in [2.24, 2.45) is 0 Å². The van der Waals surface area contributed by atoms with E-state index in [-0.39, 0.29) is 0 Å². The van der Waals surface area contributed by atoms with E-state index in [1.165, 1.54) is 11.1 Å². The van der Waals surface area contributed by atoms with Crippen LogP contribution in [0.4, 0.5) is 0 Å². The third-order valence-corrected chi connectivity index (χ3v) is 1.52. The first-order valence-corrected chi connectivity index (χ1v) is 3.68. The lowest BCUT2D eigenvalue weighted by Gasteiger charge is -1.92. The molecule has 1 aromatic rings. The highest BCUT2D eigenvalue weighted by molar-refractivity contribution is 5.54. The van der Waals surface area contributed by atoms with Crippen LogP contribution in [0.2, 0.25) is 0 Å². The SMILES string of the molecule is C=CC(C)=Cc1ccccc1. The van der Waals surface area contributed by atoms with E-state index in [0.29, 0.717) is 0 Å². The Morgan fingerprint density at radius 3 is 2.45 bits per heavy atom. The van der Waals surface area contributed by atoms with Crippen LogP contribution in [0.15, 0.2) is 48.6 Å². The number of hydrogen-bond acceptors (Lipinski definition) is 0. The van der Waals surface area contributed by atoms with Crippen LogP contribution in [-0.4, -0.2) is 0 Å². The van der Waals surface area contributed by atoms with Crippen LogP contribution in [-0.2, 0) is 0 Å². The van der Waals surface area contributed by atoms with Gasteiger partial charge in [-0.1, -0.05) is 54.6 Å². The molecule has 0 aromatic heterocycles. The molecule has 0 aliphatic heterocycles. The first kappa shape index (κ1) is 7.80. The van der Waals surface area contributed by atoms with Crippen molar-refractivity contribution >= 4 is 6.08 Å². The summed E-state index contributed by atoms with van der Waals surface area (Å²) >= 11 is 0. The summed E-state index contributed by atoms with van der Waals surface area (Å²) in [5, 5.41) is 0. The van der Waals surface area contributed by atoms with Gasteiger partial charge in [-0.05, 0) is 12.5 Å². The summed E-state index contributed by atoms with van der Waals surface area (Å²) in [6.45, 7) is 5.73. The van der Waals surface area contributed by atoms with Gasteiger partial charge in [0.15, 0.2) is 0 Å². The maximum atomic E-state index is 3.69. The minimum Gasteiger partial charge on any atom is -0.0988 e. The topological polar surface area (TPSA) is 0 Å². The van der Waals surface area contributed by atoms with Gasteiger partial charge in [-0.25, -0.2) is 0 Å². The molecule has 1 rings (SSSR count). The molecule has 0 heterocycles. The van der Waals surface area contributed by atoms with Gasteiger partial charge in [0.2, 0.25) is 0 Å². The smallest absolute Gasteiger partial charge is 0.0254 e. The first-order valence-electron chi connectivity index (χ1n) is 3.68. The molecule has 0 aliphatic rings. The molecule has 0 N–H and O–H groups in total. The first-order chi connectivity index (χ1) is 5.33. The normalized spacial score (nSPS) is 11.2. The lowest BCUT2D eigenvalue weighted by molar-refractivity contribution is 1.55. The molecule has 0 saturated heterocycles. The van der Waals surface area contributed by atoms with Crippen molar-refractivity contribution in [1.82, 2.24) is 0 Å². The minimum atomic E-state index is 1.19. The molecule has 11 heavy (non-hydrogen) atoms. The highest BCUT2D eigenvalue weighted by Gasteiger charge is 1.83. The van der Waals surface area contributed by atoms with Crippen molar-refractivity contribution < 1.29 is 0 Å². The van der Waals surface area contributed by atoms with Gasteiger partial charge in [0, 0.05) is 0 Å². The molecule has 0 radical (unpaired) electrons. The lowest BCUT2D eigenvalue weighted by Crippen LogP contribution is -1.70. The van der Waals surface area contributed by atoms with Crippen LogP contribution in [0.25, 0.3) is 6.08 Å². The minimum absolute atomic E-state index is 1.19. The number of rotatable bonds is 2. The lowest BCUT2D eigenvalue weighted by atomic mass is 10.1. The highest BCUT2D eigenvalue weighted by atomic mass is 13.9. The second kappa shape index (κ2) is 3.77. The van der Waals surface area contributed by atoms with E-state index in [9.17, 15) is 0 Å². The quantitative estimate of drug-likeness (QED) is 0.559. The third kappa shape index (κ3) is 2.42. The number of allylic oxidation sites excluding steroid dienone is 2. The second-order valence-corrected chi connectivity index (χ2v) is 2.50. The zero-order valence-electron chi connectivity index (χ0n) is 6.75. The Hall–Kier alpha value is -1.30. The Morgan fingerprint density at radius 1 is 1.27 bits per heavy atom. The molecule has 56 valence electrons. The summed E-state index contributed by atoms with van der Waals surface area (Å²) in [5.41, 5.74) is 2.42. The molecular formula is C11H12. The van der Waals surface area contributed by atoms with Crippen molar-refractivity contribution in [3.05, 3.63) is 54.1 Å². The average Bonchev–Trinajstić information content (AvgIpc) is 2.06. The molecule has 1 aromatic carbocycles. The molecule has 0 atom stereocenters. The summed E-state index contributed by atoms with van der Waals surface area (Å²) in [4.78, 5) is 0. The van der Waals surface area contributed by atoms with Crippen molar-refractivity contribution in [1.29, 1.82) is 0 Å². The molecule has 0 unspecified atom stereocenters. The fraction of sp³-hybridized carbons (Fsp3) is 0.0909. The Kier molecular flexibility index (Phi) is 2.67. The predicted molar refractivity (Wildman–Crippen MR) is 50.3 cm³/mol. The van der Waals surface area contributed by atoms with Gasteiger partial charge >= 0.3 is 0 Å². The van der Waals surface area contributed by atoms with E-state index in [2.05, 4.69) is 24.8 Å². The Morgan fingerprint density at radius 2 is 1.91 bits per heavy atom. The van der Waals surface area contributed by atoms with Crippen LogP contribution < -0.4 is 0 Å². The number of benzene rings is 1. The monoisotopic (exact) mass is 144 g/mol. The van der Waals surface area contributed by atoms with E-state index in [4.69, 9.17) is 0 Å². The number of hydrogen-bond donors (Lipinski definition) is 0. The van der Waals surface area contributed by atoms with Gasteiger partial charge in [-0.15, -0.1) is 0 Å². The van der Waals surface area contributed by atoms with Gasteiger partial charge in [-0.3, -0.25) is 0 Å². The zero-order chi connectivity index (χ0) is 8.10. The van der Waals surface area contributed by atoms with Crippen molar-refractivity contribution in [2.75, 3.05) is 0 Å². The summed E-state index contributed by atoms with van der Waals surface area (Å²) < 4.78 is 0. The molecule has 0 fully saturated rings. The van der Waals surface area contributed by atoms with Crippen LogP contribution >= 0.6 is 0 Å². The Balaban J connectivity index is 2.87. The molecule has 0 heteroatoms. The van der Waals surface area contributed by atoms with Gasteiger partial charge in [0.05, 0.1) is 0 Å². The molecule has 0 amide bonds. The van der Waals surface area contributed by atoms with Crippen LogP contribution in [0.5, 0.6) is 0 Å². The van der Waals surface area contributed by atoms with E-state index in [1.807, 2.05) is 31.2 Å². The Bertz CT molecular complexity index is 255. The van der Waals surface area contributed by atoms with Gasteiger partial charge in [-0.2, -0.15) is 0 Å². The fourth-order valence-corrected chi connectivity index (χ4v) is 0.871. The average molecular weight is 144 g/mol. The largest absolute Gasteiger partial charge is 0.0988 e. The van der Waals surface area contributed by atoms with Crippen molar-refractivity contribution in [3.8, 4) is 0 Å². The van der Waals surface area contributed by atoms with Gasteiger partial charge < -0.3 is 0 Å².